The third-order valence-corrected chi connectivity index (χ3v) is 11.1. The van der Waals surface area contributed by atoms with Crippen LogP contribution in [0.25, 0.3) is 0 Å². The predicted octanol–water partition coefficient (Wildman–Crippen LogP) is 12.7. The summed E-state index contributed by atoms with van der Waals surface area (Å²) in [5, 5.41) is 47.7. The van der Waals surface area contributed by atoms with Crippen LogP contribution >= 0.6 is 0 Å². The lowest BCUT2D eigenvalue weighted by molar-refractivity contribution is -0.121. The summed E-state index contributed by atoms with van der Waals surface area (Å²) in [6.07, 6.45) is 32.3. The van der Waals surface area contributed by atoms with Gasteiger partial charge in [-0.2, -0.15) is 0 Å². The fourth-order valence-electron chi connectivity index (χ4n) is 6.17. The van der Waals surface area contributed by atoms with E-state index in [4.69, 9.17) is 37.9 Å². The lowest BCUT2D eigenvalue weighted by Gasteiger charge is -2.26. The molecule has 88 heavy (non-hydrogen) atoms. The Morgan fingerprint density at radius 2 is 0.841 bits per heavy atom. The van der Waals surface area contributed by atoms with Gasteiger partial charge in [-0.05, 0) is 142 Å². The van der Waals surface area contributed by atoms with Gasteiger partial charge in [-0.15, -0.1) is 0 Å². The van der Waals surface area contributed by atoms with Gasteiger partial charge in [0.1, 0.15) is 29.4 Å². The molecule has 0 atom stereocenters. The molecule has 0 fully saturated rings. The average molecular weight is 1220 g/mol. The number of allylic oxidation sites excluding steroid dienone is 12. The van der Waals surface area contributed by atoms with E-state index in [0.717, 1.165) is 44.1 Å². The van der Waals surface area contributed by atoms with Crippen molar-refractivity contribution in [2.24, 2.45) is 22.9 Å². The van der Waals surface area contributed by atoms with E-state index in [1.165, 1.54) is 24.3 Å². The summed E-state index contributed by atoms with van der Waals surface area (Å²) in [4.78, 5) is 57.8. The number of rotatable bonds is 27. The van der Waals surface area contributed by atoms with Gasteiger partial charge in [-0.25, -0.2) is 9.59 Å². The second-order valence-electron chi connectivity index (χ2n) is 22.1. The molecule has 4 amide bonds. The van der Waals surface area contributed by atoms with E-state index in [1.807, 2.05) is 91.8 Å². The number of para-hydroxylation sites is 3. The van der Waals surface area contributed by atoms with Crippen molar-refractivity contribution in [2.45, 2.75) is 165 Å². The standard InChI is InChI=1S/C33H46N2O3.C12H18N2O2.C11H16N2O2.C7H6O3.C4H12N2.3CH4/c1-4-5-6-7-8-9-10-11-12-13-14-15-16-17-18-19-20-21-22-27-31(37)34-28-33(2,3)35-32(38)29-25-23-24-26-30(29)36;1-12(2,13)9-14-11(15)16-8-10-6-4-3-5-7-10;1-11(2,7-12)13-10(15)8-5-3-4-6-9(8)14;8-6-4-2-1-3-5(6)7(9)10;1-4(2,6)3-5;;;/h5-6,8-9,11-12,14-15,17-18,20-21,23-26,36H,4,7,10,13,16,19,22,27-28H2,1-3H3,(H,34,37)(H,35,38);3-7H,8-9,13H2,1-2H3,(H,14,15);3-6,14H,7,12H2,1-2H3,(H,13,15);1-4,8H,(H,9,10);3,5-6H2,1-2H3;3*1H4/b6-5-,9-8-,12-11-,15-14-,18-17-,21-20-;;;;;;;. The van der Waals surface area contributed by atoms with Gasteiger partial charge < -0.3 is 69.4 Å². The summed E-state index contributed by atoms with van der Waals surface area (Å²) < 4.78 is 5.02. The molecule has 0 unspecified atom stereocenters. The Kier molecular flexibility index (Phi) is 47.8. The number of ether oxygens (including phenoxy) is 1. The zero-order chi connectivity index (χ0) is 64.2. The number of carboxylic acid groups (broad SMARTS) is 1. The molecule has 18 nitrogen and oxygen atoms in total. The number of nitrogens with one attached hydrogen (secondary N) is 4. The first-order valence-electron chi connectivity index (χ1n) is 28.4. The van der Waals surface area contributed by atoms with Crippen LogP contribution in [0.15, 0.2) is 176 Å². The normalized spacial score (nSPS) is 11.2. The van der Waals surface area contributed by atoms with Gasteiger partial charge in [-0.1, -0.05) is 169 Å². The number of aromatic carboxylic acids is 1. The SMILES string of the molecule is C.C.C.CC(C)(CN)NC(=O)c1ccccc1O.CC(C)(N)CN.CC(C)(N)CNC(=O)OCc1ccccc1.CC/C=C\C/C=C\C/C=C\C/C=C\C/C=C\C/C=C\CCC(=O)NCC(C)(C)NC(=O)c1ccccc1O.O=C(O)c1ccccc1O. The number of carboxylic acids is 1. The molecule has 0 spiro atoms. The minimum Gasteiger partial charge on any atom is -0.507 e. The van der Waals surface area contributed by atoms with E-state index in [1.54, 1.807) is 48.5 Å². The minimum absolute atomic E-state index is 0. The van der Waals surface area contributed by atoms with Crippen LogP contribution in [-0.2, 0) is 16.1 Å². The second-order valence-corrected chi connectivity index (χ2v) is 22.1. The number of carbonyl (C=O) groups excluding carboxylic acids is 4. The lowest BCUT2D eigenvalue weighted by atomic mass is 10.0. The highest BCUT2D eigenvalue weighted by Gasteiger charge is 2.24. The zero-order valence-electron chi connectivity index (χ0n) is 51.5. The van der Waals surface area contributed by atoms with Crippen LogP contribution in [0.1, 0.15) is 173 Å². The molecule has 0 aliphatic carbocycles. The Labute approximate surface area is 527 Å². The number of carbonyl (C=O) groups is 5. The van der Waals surface area contributed by atoms with Crippen molar-refractivity contribution in [1.29, 1.82) is 0 Å². The smallest absolute Gasteiger partial charge is 0.407 e. The summed E-state index contributed by atoms with van der Waals surface area (Å²) in [7, 11) is 0. The number of nitrogens with two attached hydrogens (primary N) is 4. The molecule has 16 N–H and O–H groups in total. The molecular formula is C70H110N8O10. The van der Waals surface area contributed by atoms with Crippen molar-refractivity contribution in [2.75, 3.05) is 26.2 Å². The minimum atomic E-state index is -1.11. The monoisotopic (exact) mass is 1220 g/mol. The highest BCUT2D eigenvalue weighted by Crippen LogP contribution is 2.18. The fourth-order valence-corrected chi connectivity index (χ4v) is 6.17. The van der Waals surface area contributed by atoms with Crippen LogP contribution in [0.2, 0.25) is 0 Å². The quantitative estimate of drug-likeness (QED) is 0.0247. The largest absolute Gasteiger partial charge is 0.507 e. The number of hydrogen-bond acceptors (Lipinski definition) is 13. The molecule has 0 heterocycles. The third-order valence-electron chi connectivity index (χ3n) is 11.1. The number of phenolic OH excluding ortho intramolecular Hbond substituents is 2. The average Bonchev–Trinajstić information content (AvgIpc) is 3.53. The first-order chi connectivity index (χ1) is 40.1. The van der Waals surface area contributed by atoms with Gasteiger partial charge in [0.2, 0.25) is 5.91 Å². The molecular weight excluding hydrogens is 1110 g/mol. The molecule has 4 rings (SSSR count). The van der Waals surface area contributed by atoms with Crippen molar-refractivity contribution in [3.05, 3.63) is 198 Å². The van der Waals surface area contributed by atoms with Crippen LogP contribution in [-0.4, -0.2) is 98.5 Å². The van der Waals surface area contributed by atoms with Gasteiger partial charge in [0, 0.05) is 49.2 Å². The molecule has 0 saturated carbocycles. The van der Waals surface area contributed by atoms with Crippen LogP contribution in [0.5, 0.6) is 17.2 Å². The molecule has 490 valence electrons. The summed E-state index contributed by atoms with van der Waals surface area (Å²) in [6.45, 7) is 18.8. The van der Waals surface area contributed by atoms with Crippen molar-refractivity contribution in [3.8, 4) is 17.2 Å². The van der Waals surface area contributed by atoms with E-state index < -0.39 is 28.7 Å². The van der Waals surface area contributed by atoms with Gasteiger partial charge in [-0.3, -0.25) is 14.4 Å². The number of benzene rings is 4. The van der Waals surface area contributed by atoms with Crippen LogP contribution in [0.3, 0.4) is 0 Å². The van der Waals surface area contributed by atoms with E-state index >= 15 is 0 Å². The van der Waals surface area contributed by atoms with E-state index in [0.29, 0.717) is 39.0 Å². The first-order valence-corrected chi connectivity index (χ1v) is 28.4. The molecule has 0 aliphatic rings. The highest BCUT2D eigenvalue weighted by atomic mass is 16.5. The van der Waals surface area contributed by atoms with Gasteiger partial charge >= 0.3 is 12.1 Å². The van der Waals surface area contributed by atoms with Gasteiger partial charge in [0.25, 0.3) is 11.8 Å². The van der Waals surface area contributed by atoms with Crippen LogP contribution in [0, 0.1) is 0 Å². The van der Waals surface area contributed by atoms with Crippen LogP contribution in [0.4, 0.5) is 4.79 Å². The number of aromatic hydroxyl groups is 3. The van der Waals surface area contributed by atoms with E-state index in [9.17, 15) is 34.2 Å². The molecule has 0 bridgehead atoms. The van der Waals surface area contributed by atoms with Crippen molar-refractivity contribution in [3.63, 3.8) is 0 Å². The number of alkyl carbamates (subject to hydrolysis) is 1. The van der Waals surface area contributed by atoms with Gasteiger partial charge in [0.05, 0.1) is 16.7 Å². The maximum Gasteiger partial charge on any atom is 0.407 e. The van der Waals surface area contributed by atoms with Crippen molar-refractivity contribution >= 4 is 29.8 Å². The Morgan fingerprint density at radius 3 is 1.19 bits per heavy atom. The number of hydrogen-bond donors (Lipinski definition) is 12. The maximum absolute atomic E-state index is 12.4. The van der Waals surface area contributed by atoms with E-state index in [2.05, 4.69) is 95.0 Å². The molecule has 0 saturated heterocycles. The molecule has 4 aromatic carbocycles. The lowest BCUT2D eigenvalue weighted by Crippen LogP contribution is -2.51. The third kappa shape index (κ3) is 46.9. The van der Waals surface area contributed by atoms with Crippen molar-refractivity contribution in [1.82, 2.24) is 21.3 Å². The first kappa shape index (κ1) is 86.2. The zero-order valence-corrected chi connectivity index (χ0v) is 51.5. The molecule has 0 radical (unpaired) electrons. The summed E-state index contributed by atoms with van der Waals surface area (Å²) in [5.74, 6) is -2.16. The second kappa shape index (κ2) is 48.8. The fraction of sp³-hybridized carbons (Fsp3) is 0.414. The van der Waals surface area contributed by atoms with E-state index in [-0.39, 0.29) is 86.1 Å². The maximum atomic E-state index is 12.4. The Balaban J connectivity index is -0.000000578. The van der Waals surface area contributed by atoms with Gasteiger partial charge in [0.15, 0.2) is 0 Å². The summed E-state index contributed by atoms with van der Waals surface area (Å²) in [6, 6.07) is 28.1. The predicted molar refractivity (Wildman–Crippen MR) is 364 cm³/mol. The topological polar surface area (TPSA) is 328 Å². The highest BCUT2D eigenvalue weighted by molar-refractivity contribution is 5.98. The van der Waals surface area contributed by atoms with Crippen molar-refractivity contribution < 1.29 is 49.1 Å². The molecule has 0 aliphatic heterocycles. The molecule has 0 aromatic heterocycles. The molecule has 4 aromatic rings. The summed E-state index contributed by atoms with van der Waals surface area (Å²) in [5.41, 5.74) is 21.4. The Bertz CT molecular complexity index is 2740. The Hall–Kier alpha value is -8.29. The number of phenols is 3. The summed E-state index contributed by atoms with van der Waals surface area (Å²) >= 11 is 0. The van der Waals surface area contributed by atoms with Crippen LogP contribution < -0.4 is 44.2 Å². The Morgan fingerprint density at radius 1 is 0.477 bits per heavy atom. The molecule has 18 heteroatoms. The number of amides is 4.